The van der Waals surface area contributed by atoms with Crippen LogP contribution in [0.5, 0.6) is 5.75 Å². The summed E-state index contributed by atoms with van der Waals surface area (Å²) in [6.07, 6.45) is 0. The van der Waals surface area contributed by atoms with Crippen LogP contribution in [-0.4, -0.2) is 44.1 Å². The second-order valence-corrected chi connectivity index (χ2v) is 6.56. The summed E-state index contributed by atoms with van der Waals surface area (Å²) in [4.78, 5) is 37.6. The second-order valence-electron chi connectivity index (χ2n) is 4.22. The molecule has 3 rings (SSSR count). The molecule has 2 aliphatic rings. The van der Waals surface area contributed by atoms with E-state index in [9.17, 15) is 14.4 Å². The van der Waals surface area contributed by atoms with Crippen LogP contribution >= 0.6 is 27.3 Å². The minimum atomic E-state index is -0.888. The van der Waals surface area contributed by atoms with E-state index in [1.165, 1.54) is 12.0 Å². The van der Waals surface area contributed by atoms with E-state index in [4.69, 9.17) is 4.74 Å². The molecule has 3 heterocycles. The fourth-order valence-electron chi connectivity index (χ4n) is 2.16. The molecule has 2 aliphatic heterocycles. The van der Waals surface area contributed by atoms with Gasteiger partial charge in [0.1, 0.15) is 20.4 Å². The molecule has 1 aromatic heterocycles. The molecule has 1 N–H and O–H groups in total. The van der Waals surface area contributed by atoms with E-state index in [2.05, 4.69) is 26.0 Å². The van der Waals surface area contributed by atoms with Crippen molar-refractivity contribution in [2.75, 3.05) is 25.2 Å². The third-order valence-electron chi connectivity index (χ3n) is 3.07. The zero-order chi connectivity index (χ0) is 14.4. The Balaban J connectivity index is 2.10. The van der Waals surface area contributed by atoms with Gasteiger partial charge in [0.25, 0.3) is 11.8 Å². The summed E-state index contributed by atoms with van der Waals surface area (Å²) in [6, 6.07) is -0.888. The average molecular weight is 361 g/mol. The minimum Gasteiger partial charge on any atom is -0.479 e. The van der Waals surface area contributed by atoms with Crippen LogP contribution in [0.25, 0.3) is 0 Å². The van der Waals surface area contributed by atoms with Crippen LogP contribution in [0.4, 0.5) is 5.69 Å². The van der Waals surface area contributed by atoms with Gasteiger partial charge >= 0.3 is 5.97 Å². The highest BCUT2D eigenvalue weighted by molar-refractivity contribution is 9.11. The van der Waals surface area contributed by atoms with Crippen LogP contribution < -0.4 is 15.0 Å². The number of methoxy groups -OCH3 is 1. The lowest BCUT2D eigenvalue weighted by Crippen LogP contribution is -2.49. The molecule has 0 aromatic carbocycles. The third kappa shape index (κ3) is 1.88. The van der Waals surface area contributed by atoms with Crippen molar-refractivity contribution in [1.29, 1.82) is 0 Å². The first-order valence-electron chi connectivity index (χ1n) is 5.67. The molecule has 0 saturated heterocycles. The molecule has 106 valence electrons. The summed E-state index contributed by atoms with van der Waals surface area (Å²) in [6.45, 7) is -0.0896. The van der Waals surface area contributed by atoms with Gasteiger partial charge in [-0.15, -0.1) is 11.3 Å². The molecule has 20 heavy (non-hydrogen) atoms. The van der Waals surface area contributed by atoms with Gasteiger partial charge in [-0.1, -0.05) is 0 Å². The lowest BCUT2D eigenvalue weighted by molar-refractivity contribution is -0.142. The van der Waals surface area contributed by atoms with E-state index in [1.54, 1.807) is 0 Å². The van der Waals surface area contributed by atoms with Gasteiger partial charge in [-0.25, -0.2) is 4.79 Å². The van der Waals surface area contributed by atoms with Gasteiger partial charge in [-0.3, -0.25) is 9.59 Å². The maximum atomic E-state index is 12.2. The topological polar surface area (TPSA) is 84.9 Å². The predicted molar refractivity (Wildman–Crippen MR) is 73.1 cm³/mol. The second kappa shape index (κ2) is 4.74. The van der Waals surface area contributed by atoms with E-state index < -0.39 is 17.9 Å². The van der Waals surface area contributed by atoms with Gasteiger partial charge in [-0.05, 0) is 15.9 Å². The van der Waals surface area contributed by atoms with Crippen LogP contribution in [0.3, 0.4) is 0 Å². The fourth-order valence-corrected chi connectivity index (χ4v) is 3.83. The Hall–Kier alpha value is -1.61. The van der Waals surface area contributed by atoms with Crippen molar-refractivity contribution < 1.29 is 23.9 Å². The van der Waals surface area contributed by atoms with Crippen molar-refractivity contribution in [2.45, 2.75) is 6.04 Å². The van der Waals surface area contributed by atoms with Crippen LogP contribution in [0, 0.1) is 0 Å². The molecule has 1 atom stereocenters. The van der Waals surface area contributed by atoms with Gasteiger partial charge in [-0.2, -0.15) is 0 Å². The highest BCUT2D eigenvalue weighted by Crippen LogP contribution is 2.48. The van der Waals surface area contributed by atoms with Crippen molar-refractivity contribution in [2.24, 2.45) is 0 Å². The molecule has 0 bridgehead atoms. The first-order chi connectivity index (χ1) is 9.52. The number of anilines is 1. The molecular weight excluding hydrogens is 352 g/mol. The Labute approximate surface area is 126 Å². The Morgan fingerprint density at radius 3 is 3.00 bits per heavy atom. The number of esters is 1. The summed E-state index contributed by atoms with van der Waals surface area (Å²) in [5.41, 5.74) is 0.419. The highest BCUT2D eigenvalue weighted by atomic mass is 79.9. The maximum absolute atomic E-state index is 12.2. The van der Waals surface area contributed by atoms with Crippen molar-refractivity contribution in [3.63, 3.8) is 0 Å². The van der Waals surface area contributed by atoms with Crippen molar-refractivity contribution in [1.82, 2.24) is 5.32 Å². The van der Waals surface area contributed by atoms with Crippen molar-refractivity contribution in [3.05, 3.63) is 8.66 Å². The SMILES string of the molecule is COC(=O)[C@@H]1CN2C(=O)COc3c(Br)sc(c32)C(=O)N1. The predicted octanol–water partition coefficient (Wildman–Crippen LogP) is 0.521. The number of hydrogen-bond donors (Lipinski definition) is 1. The standard InChI is InChI=1S/C11H9BrN2O5S/c1-18-11(17)4-2-14-5(15)3-19-7-6(14)8(10(16)13-4)20-9(7)12/h4H,2-3H2,1H3,(H,13,16)/t4-/m0/s1. The Kier molecular flexibility index (Phi) is 3.17. The Bertz CT molecular complexity index is 629. The summed E-state index contributed by atoms with van der Waals surface area (Å²) in [5.74, 6) is -0.846. The minimum absolute atomic E-state index is 0.0315. The van der Waals surface area contributed by atoms with Gasteiger partial charge < -0.3 is 19.7 Å². The lowest BCUT2D eigenvalue weighted by Gasteiger charge is -2.28. The molecular formula is C11H9BrN2O5S. The monoisotopic (exact) mass is 360 g/mol. The zero-order valence-electron chi connectivity index (χ0n) is 10.3. The number of ether oxygens (including phenoxy) is 2. The molecule has 2 amide bonds. The molecule has 1 aromatic rings. The largest absolute Gasteiger partial charge is 0.479 e. The quantitative estimate of drug-likeness (QED) is 0.738. The van der Waals surface area contributed by atoms with E-state index >= 15 is 0 Å². The number of halogens is 1. The van der Waals surface area contributed by atoms with E-state index in [0.717, 1.165) is 11.3 Å². The van der Waals surface area contributed by atoms with Crippen molar-refractivity contribution >= 4 is 50.7 Å². The van der Waals surface area contributed by atoms with Crippen LogP contribution in [0.15, 0.2) is 3.79 Å². The van der Waals surface area contributed by atoms with Gasteiger partial charge in [0.05, 0.1) is 13.7 Å². The summed E-state index contributed by atoms with van der Waals surface area (Å²) in [7, 11) is 1.23. The summed E-state index contributed by atoms with van der Waals surface area (Å²) < 4.78 is 10.6. The number of nitrogens with one attached hydrogen (secondary N) is 1. The Morgan fingerprint density at radius 2 is 2.30 bits per heavy atom. The number of thiophene rings is 1. The molecule has 0 unspecified atom stereocenters. The smallest absolute Gasteiger partial charge is 0.330 e. The van der Waals surface area contributed by atoms with Crippen molar-refractivity contribution in [3.8, 4) is 5.75 Å². The molecule has 0 spiro atoms. The lowest BCUT2D eigenvalue weighted by atomic mass is 10.2. The number of nitrogens with zero attached hydrogens (tertiary/aromatic N) is 1. The number of amides is 2. The number of carbonyl (C=O) groups excluding carboxylic acids is 3. The molecule has 0 saturated carbocycles. The van der Waals surface area contributed by atoms with Crippen LogP contribution in [-0.2, 0) is 14.3 Å². The normalized spacial score (nSPS) is 20.7. The van der Waals surface area contributed by atoms with Crippen LogP contribution in [0.1, 0.15) is 9.67 Å². The average Bonchev–Trinajstić information content (AvgIpc) is 2.69. The molecule has 0 aliphatic carbocycles. The summed E-state index contributed by atoms with van der Waals surface area (Å²) in [5, 5.41) is 2.57. The molecule has 7 nitrogen and oxygen atoms in total. The molecule has 0 fully saturated rings. The van der Waals surface area contributed by atoms with Gasteiger partial charge in [0.15, 0.2) is 12.4 Å². The first kappa shape index (κ1) is 13.4. The Morgan fingerprint density at radius 1 is 1.55 bits per heavy atom. The van der Waals surface area contributed by atoms with Gasteiger partial charge in [0, 0.05) is 0 Å². The number of rotatable bonds is 1. The van der Waals surface area contributed by atoms with E-state index in [-0.39, 0.29) is 19.1 Å². The summed E-state index contributed by atoms with van der Waals surface area (Å²) >= 11 is 4.48. The third-order valence-corrected chi connectivity index (χ3v) is 4.87. The highest BCUT2D eigenvalue weighted by Gasteiger charge is 2.40. The molecule has 9 heteroatoms. The van der Waals surface area contributed by atoms with Crippen LogP contribution in [0.2, 0.25) is 0 Å². The maximum Gasteiger partial charge on any atom is 0.330 e. The van der Waals surface area contributed by atoms with E-state index in [1.807, 2.05) is 0 Å². The van der Waals surface area contributed by atoms with E-state index in [0.29, 0.717) is 20.1 Å². The van der Waals surface area contributed by atoms with Gasteiger partial charge in [0.2, 0.25) is 0 Å². The fraction of sp³-hybridized carbons (Fsp3) is 0.364. The zero-order valence-corrected chi connectivity index (χ0v) is 12.7. The first-order valence-corrected chi connectivity index (χ1v) is 7.28. The number of hydrogen-bond acceptors (Lipinski definition) is 6. The number of carbonyl (C=O) groups is 3. The molecule has 0 radical (unpaired) electrons.